The van der Waals surface area contributed by atoms with E-state index in [1.807, 2.05) is 0 Å². The van der Waals surface area contributed by atoms with Crippen molar-refractivity contribution < 1.29 is 4.74 Å². The molecule has 0 aromatic heterocycles. The van der Waals surface area contributed by atoms with E-state index in [1.165, 1.54) is 24.0 Å². The Hall–Kier alpha value is -1.20. The van der Waals surface area contributed by atoms with Gasteiger partial charge in [0.15, 0.2) is 5.76 Å². The largest absolute Gasteiger partial charge is 0.486 e. The van der Waals surface area contributed by atoms with E-state index in [-0.39, 0.29) is 0 Å². The summed E-state index contributed by atoms with van der Waals surface area (Å²) in [6.45, 7) is 11.6. The number of rotatable bonds is 7. The topological polar surface area (TPSA) is 9.23 Å². The highest BCUT2D eigenvalue weighted by molar-refractivity contribution is 5.36. The molecule has 0 saturated carbocycles. The van der Waals surface area contributed by atoms with Crippen LogP contribution in [0.4, 0.5) is 0 Å². The minimum atomic E-state index is 0.797. The normalized spacial score (nSPS) is 13.6. The molecule has 0 aromatic rings. The molecule has 0 bridgehead atoms. The van der Waals surface area contributed by atoms with Gasteiger partial charge in [-0.2, -0.15) is 0 Å². The van der Waals surface area contributed by atoms with Crippen molar-refractivity contribution in [3.05, 3.63) is 40.9 Å². The molecule has 1 heteroatoms. The molecular formula is C19H32O. The Kier molecular flexibility index (Phi) is 12.0. The van der Waals surface area contributed by atoms with E-state index in [0.29, 0.717) is 0 Å². The summed E-state index contributed by atoms with van der Waals surface area (Å²) in [7, 11) is 0. The van der Waals surface area contributed by atoms with Gasteiger partial charge < -0.3 is 4.74 Å². The van der Waals surface area contributed by atoms with Crippen LogP contribution in [0.25, 0.3) is 0 Å². The van der Waals surface area contributed by atoms with Crippen LogP contribution < -0.4 is 0 Å². The first-order valence-corrected chi connectivity index (χ1v) is 8.22. The average molecular weight is 276 g/mol. The molecule has 0 saturated heterocycles. The lowest BCUT2D eigenvalue weighted by molar-refractivity contribution is 0.220. The van der Waals surface area contributed by atoms with E-state index >= 15 is 0 Å². The molecule has 1 aliphatic carbocycles. The first-order valence-electron chi connectivity index (χ1n) is 8.22. The second-order valence-electron chi connectivity index (χ2n) is 5.08. The van der Waals surface area contributed by atoms with Crippen molar-refractivity contribution in [2.45, 2.75) is 73.1 Å². The Morgan fingerprint density at radius 3 is 2.25 bits per heavy atom. The smallest absolute Gasteiger partial charge is 0.162 e. The Labute approximate surface area is 126 Å². The fraction of sp³-hybridized carbons (Fsp3) is 0.632. The van der Waals surface area contributed by atoms with Gasteiger partial charge in [0, 0.05) is 0 Å². The minimum Gasteiger partial charge on any atom is -0.486 e. The fourth-order valence-electron chi connectivity index (χ4n) is 1.70. The summed E-state index contributed by atoms with van der Waals surface area (Å²) < 4.78 is 5.78. The van der Waals surface area contributed by atoms with Crippen LogP contribution in [-0.4, -0.2) is 6.61 Å². The fourth-order valence-corrected chi connectivity index (χ4v) is 1.70. The highest BCUT2D eigenvalue weighted by atomic mass is 16.5. The van der Waals surface area contributed by atoms with Crippen molar-refractivity contribution in [3.63, 3.8) is 0 Å². The van der Waals surface area contributed by atoms with Crippen LogP contribution >= 0.6 is 0 Å². The molecule has 0 amide bonds. The lowest BCUT2D eigenvalue weighted by atomic mass is 10.1. The second-order valence-corrected chi connectivity index (χ2v) is 5.08. The summed E-state index contributed by atoms with van der Waals surface area (Å²) in [5.74, 6) is 0.906. The molecule has 0 N–H and O–H groups in total. The summed E-state index contributed by atoms with van der Waals surface area (Å²) in [4.78, 5) is 0. The van der Waals surface area contributed by atoms with Crippen molar-refractivity contribution in [1.82, 2.24) is 0 Å². The van der Waals surface area contributed by atoms with Gasteiger partial charge in [0.1, 0.15) is 0 Å². The van der Waals surface area contributed by atoms with E-state index < -0.39 is 0 Å². The van der Waals surface area contributed by atoms with Gasteiger partial charge in [-0.1, -0.05) is 71.8 Å². The van der Waals surface area contributed by atoms with E-state index in [2.05, 4.69) is 58.6 Å². The zero-order valence-electron chi connectivity index (χ0n) is 14.1. The molecule has 0 aliphatic heterocycles. The summed E-state index contributed by atoms with van der Waals surface area (Å²) >= 11 is 0. The number of hydrogen-bond acceptors (Lipinski definition) is 1. The molecule has 1 aliphatic rings. The van der Waals surface area contributed by atoms with Gasteiger partial charge in [0.25, 0.3) is 0 Å². The quantitative estimate of drug-likeness (QED) is 0.389. The van der Waals surface area contributed by atoms with Crippen LogP contribution in [0.2, 0.25) is 0 Å². The van der Waals surface area contributed by atoms with E-state index in [9.17, 15) is 0 Å². The lowest BCUT2D eigenvalue weighted by Gasteiger charge is -2.04. The summed E-state index contributed by atoms with van der Waals surface area (Å²) in [6, 6.07) is 0. The SMILES string of the molecule is CCC.CCCCOC1=C=C(CCC)C=CC(CC)=C1. The Balaban J connectivity index is 0.00000110. The van der Waals surface area contributed by atoms with Gasteiger partial charge in [-0.3, -0.25) is 0 Å². The Morgan fingerprint density at radius 1 is 1.00 bits per heavy atom. The number of unbranched alkanes of at least 4 members (excludes halogenated alkanes) is 1. The van der Waals surface area contributed by atoms with Crippen LogP contribution in [0, 0.1) is 0 Å². The molecular weight excluding hydrogens is 244 g/mol. The molecule has 0 heterocycles. The Bertz CT molecular complexity index is 365. The number of allylic oxidation sites excluding steroid dienone is 4. The van der Waals surface area contributed by atoms with Crippen LogP contribution in [0.3, 0.4) is 0 Å². The molecule has 0 unspecified atom stereocenters. The van der Waals surface area contributed by atoms with Crippen LogP contribution in [0.15, 0.2) is 40.9 Å². The molecule has 1 rings (SSSR count). The van der Waals surface area contributed by atoms with Gasteiger partial charge in [-0.25, -0.2) is 0 Å². The maximum absolute atomic E-state index is 5.78. The van der Waals surface area contributed by atoms with Gasteiger partial charge in [0.05, 0.1) is 6.61 Å². The predicted molar refractivity (Wildman–Crippen MR) is 89.8 cm³/mol. The highest BCUT2D eigenvalue weighted by Gasteiger charge is 2.01. The predicted octanol–water partition coefficient (Wildman–Crippen LogP) is 6.33. The van der Waals surface area contributed by atoms with Crippen molar-refractivity contribution in [3.8, 4) is 0 Å². The first kappa shape index (κ1) is 18.8. The number of hydrogen-bond donors (Lipinski definition) is 0. The molecule has 0 atom stereocenters. The summed E-state index contributed by atoms with van der Waals surface area (Å²) in [6.07, 6.45) is 13.3. The van der Waals surface area contributed by atoms with E-state index in [0.717, 1.165) is 38.0 Å². The highest BCUT2D eigenvalue weighted by Crippen LogP contribution is 2.17. The van der Waals surface area contributed by atoms with Gasteiger partial charge >= 0.3 is 0 Å². The van der Waals surface area contributed by atoms with Crippen LogP contribution in [0.5, 0.6) is 0 Å². The molecule has 0 spiro atoms. The van der Waals surface area contributed by atoms with Crippen LogP contribution in [0.1, 0.15) is 73.1 Å². The van der Waals surface area contributed by atoms with E-state index in [1.54, 1.807) is 0 Å². The Morgan fingerprint density at radius 2 is 1.70 bits per heavy atom. The summed E-state index contributed by atoms with van der Waals surface area (Å²) in [5.41, 5.74) is 5.95. The third-order valence-corrected chi connectivity index (χ3v) is 2.78. The van der Waals surface area contributed by atoms with Crippen molar-refractivity contribution >= 4 is 0 Å². The maximum Gasteiger partial charge on any atom is 0.162 e. The summed E-state index contributed by atoms with van der Waals surface area (Å²) in [5, 5.41) is 0. The zero-order chi connectivity index (χ0) is 15.2. The second kappa shape index (κ2) is 12.8. The van der Waals surface area contributed by atoms with Crippen molar-refractivity contribution in [2.75, 3.05) is 6.61 Å². The minimum absolute atomic E-state index is 0.797. The first-order chi connectivity index (χ1) is 9.71. The molecule has 0 radical (unpaired) electrons. The molecule has 0 aromatic carbocycles. The average Bonchev–Trinajstić information content (AvgIpc) is 2.63. The van der Waals surface area contributed by atoms with Gasteiger partial charge in [-0.05, 0) is 36.5 Å². The molecule has 0 fully saturated rings. The van der Waals surface area contributed by atoms with Crippen molar-refractivity contribution in [1.29, 1.82) is 0 Å². The monoisotopic (exact) mass is 276 g/mol. The standard InChI is InChI=1S/C16H24O.C3H8/c1-4-7-11-17-16-12-14(6-3)9-10-15(13-16)8-5-2;1-3-2/h9-10,12H,4-8,11H2,1-3H3;3H2,1-2H3. The third-order valence-electron chi connectivity index (χ3n) is 2.78. The number of ether oxygens (including phenoxy) is 1. The van der Waals surface area contributed by atoms with Crippen LogP contribution in [-0.2, 0) is 4.74 Å². The maximum atomic E-state index is 5.78. The molecule has 114 valence electrons. The zero-order valence-corrected chi connectivity index (χ0v) is 14.1. The molecule has 20 heavy (non-hydrogen) atoms. The molecule has 1 nitrogen and oxygen atoms in total. The van der Waals surface area contributed by atoms with Gasteiger partial charge in [-0.15, -0.1) is 0 Å². The third kappa shape index (κ3) is 8.82. The van der Waals surface area contributed by atoms with Crippen molar-refractivity contribution in [2.24, 2.45) is 0 Å². The van der Waals surface area contributed by atoms with E-state index in [4.69, 9.17) is 4.74 Å². The van der Waals surface area contributed by atoms with Gasteiger partial charge in [0.2, 0.25) is 0 Å². The lowest BCUT2D eigenvalue weighted by Crippen LogP contribution is -1.92.